The highest BCUT2D eigenvalue weighted by Crippen LogP contribution is 2.30. The highest BCUT2D eigenvalue weighted by Gasteiger charge is 2.14. The summed E-state index contributed by atoms with van der Waals surface area (Å²) in [7, 11) is 0. The van der Waals surface area contributed by atoms with Gasteiger partial charge in [0.1, 0.15) is 10.8 Å². The summed E-state index contributed by atoms with van der Waals surface area (Å²) < 4.78 is 14.1. The highest BCUT2D eigenvalue weighted by atomic mass is 32.1. The lowest BCUT2D eigenvalue weighted by Crippen LogP contribution is -2.18. The third kappa shape index (κ3) is 4.11. The summed E-state index contributed by atoms with van der Waals surface area (Å²) >= 11 is 1.60. The second kappa shape index (κ2) is 7.14. The van der Waals surface area contributed by atoms with E-state index in [1.807, 2.05) is 19.1 Å². The molecule has 0 bridgehead atoms. The smallest absolute Gasteiger partial charge is 0.133 e. The maximum absolute atomic E-state index is 14.1. The molecule has 0 fully saturated rings. The van der Waals surface area contributed by atoms with E-state index in [2.05, 4.69) is 31.1 Å². The molecule has 2 aromatic rings. The zero-order valence-electron chi connectivity index (χ0n) is 13.2. The summed E-state index contributed by atoms with van der Waals surface area (Å²) in [5.74, 6) is 0.435. The Morgan fingerprint density at radius 2 is 2.10 bits per heavy atom. The lowest BCUT2D eigenvalue weighted by atomic mass is 10.1. The van der Waals surface area contributed by atoms with Crippen molar-refractivity contribution in [2.24, 2.45) is 5.92 Å². The van der Waals surface area contributed by atoms with Gasteiger partial charge < -0.3 is 5.32 Å². The monoisotopic (exact) mass is 306 g/mol. The van der Waals surface area contributed by atoms with Crippen LogP contribution in [0, 0.1) is 18.7 Å². The molecule has 0 spiro atoms. The van der Waals surface area contributed by atoms with Crippen molar-refractivity contribution in [1.82, 2.24) is 10.3 Å². The van der Waals surface area contributed by atoms with E-state index in [9.17, 15) is 4.39 Å². The second-order valence-corrected chi connectivity index (χ2v) is 6.83. The van der Waals surface area contributed by atoms with Crippen LogP contribution in [0.5, 0.6) is 0 Å². The average molecular weight is 306 g/mol. The Morgan fingerprint density at radius 3 is 2.71 bits per heavy atom. The summed E-state index contributed by atoms with van der Waals surface area (Å²) in [6.45, 7) is 10.2. The minimum Gasteiger partial charge on any atom is -0.312 e. The Bertz CT molecular complexity index is 605. The molecule has 0 radical (unpaired) electrons. The lowest BCUT2D eigenvalue weighted by Gasteiger charge is -2.06. The van der Waals surface area contributed by atoms with Gasteiger partial charge in [-0.2, -0.15) is 0 Å². The van der Waals surface area contributed by atoms with Crippen molar-refractivity contribution in [3.8, 4) is 10.6 Å². The molecular formula is C17H23FN2S. The van der Waals surface area contributed by atoms with E-state index in [0.717, 1.165) is 35.8 Å². The summed E-state index contributed by atoms with van der Waals surface area (Å²) in [6, 6.07) is 5.33. The Balaban J connectivity index is 2.23. The van der Waals surface area contributed by atoms with Crippen LogP contribution in [0.25, 0.3) is 10.6 Å². The maximum atomic E-state index is 14.1. The zero-order valence-corrected chi connectivity index (χ0v) is 14.0. The molecule has 0 saturated carbocycles. The Morgan fingerprint density at radius 1 is 1.33 bits per heavy atom. The predicted molar refractivity (Wildman–Crippen MR) is 88.2 cm³/mol. The molecule has 0 amide bonds. The topological polar surface area (TPSA) is 24.9 Å². The number of nitrogens with zero attached hydrogens (tertiary/aromatic N) is 1. The van der Waals surface area contributed by atoms with Gasteiger partial charge >= 0.3 is 0 Å². The number of hydrogen-bond donors (Lipinski definition) is 1. The Labute approximate surface area is 130 Å². The van der Waals surface area contributed by atoms with Crippen LogP contribution in [0.2, 0.25) is 0 Å². The Hall–Kier alpha value is -1.26. The molecule has 0 saturated heterocycles. The number of thiazole rings is 1. The van der Waals surface area contributed by atoms with Crippen molar-refractivity contribution < 1.29 is 4.39 Å². The van der Waals surface area contributed by atoms with E-state index in [-0.39, 0.29) is 5.82 Å². The van der Waals surface area contributed by atoms with Crippen LogP contribution in [0.4, 0.5) is 4.39 Å². The number of halogens is 1. The first-order valence-corrected chi connectivity index (χ1v) is 8.28. The van der Waals surface area contributed by atoms with E-state index in [1.165, 1.54) is 4.88 Å². The first kappa shape index (κ1) is 16.1. The average Bonchev–Trinajstić information content (AvgIpc) is 2.81. The van der Waals surface area contributed by atoms with Crippen molar-refractivity contribution in [2.45, 2.75) is 40.7 Å². The van der Waals surface area contributed by atoms with E-state index in [4.69, 9.17) is 0 Å². The van der Waals surface area contributed by atoms with Gasteiger partial charge in [0, 0.05) is 17.0 Å². The molecule has 1 heterocycles. The molecular weight excluding hydrogens is 283 g/mol. The van der Waals surface area contributed by atoms with E-state index >= 15 is 0 Å². The molecule has 21 heavy (non-hydrogen) atoms. The quantitative estimate of drug-likeness (QED) is 0.846. The van der Waals surface area contributed by atoms with Crippen LogP contribution >= 0.6 is 11.3 Å². The highest BCUT2D eigenvalue weighted by molar-refractivity contribution is 7.15. The minimum absolute atomic E-state index is 0.187. The second-order valence-electron chi connectivity index (χ2n) is 5.75. The third-order valence-corrected chi connectivity index (χ3v) is 4.44. The van der Waals surface area contributed by atoms with Crippen molar-refractivity contribution in [3.63, 3.8) is 0 Å². The molecule has 2 rings (SSSR count). The van der Waals surface area contributed by atoms with Gasteiger partial charge in [-0.15, -0.1) is 11.3 Å². The number of rotatable bonds is 6. The van der Waals surface area contributed by atoms with Gasteiger partial charge in [-0.25, -0.2) is 9.37 Å². The van der Waals surface area contributed by atoms with E-state index in [1.54, 1.807) is 17.4 Å². The van der Waals surface area contributed by atoms with Gasteiger partial charge in [0.2, 0.25) is 0 Å². The molecule has 0 atom stereocenters. The maximum Gasteiger partial charge on any atom is 0.133 e. The van der Waals surface area contributed by atoms with Gasteiger partial charge in [-0.3, -0.25) is 0 Å². The normalized spacial score (nSPS) is 11.3. The van der Waals surface area contributed by atoms with E-state index in [0.29, 0.717) is 11.5 Å². The molecule has 1 aromatic heterocycles. The number of aryl methyl sites for hydroxylation is 2. The van der Waals surface area contributed by atoms with Crippen LogP contribution in [0.15, 0.2) is 18.2 Å². The van der Waals surface area contributed by atoms with Crippen molar-refractivity contribution in [1.29, 1.82) is 0 Å². The molecule has 2 nitrogen and oxygen atoms in total. The fraction of sp³-hybridized carbons (Fsp3) is 0.471. The molecule has 0 aliphatic rings. The van der Waals surface area contributed by atoms with Crippen LogP contribution in [0.3, 0.4) is 0 Å². The first-order valence-electron chi connectivity index (χ1n) is 7.47. The fourth-order valence-electron chi connectivity index (χ4n) is 2.18. The van der Waals surface area contributed by atoms with Gasteiger partial charge in [-0.1, -0.05) is 26.8 Å². The van der Waals surface area contributed by atoms with Crippen LogP contribution in [-0.2, 0) is 13.0 Å². The van der Waals surface area contributed by atoms with Gasteiger partial charge in [0.15, 0.2) is 0 Å². The molecule has 1 N–H and O–H groups in total. The van der Waals surface area contributed by atoms with Gasteiger partial charge in [-0.05, 0) is 43.5 Å². The molecule has 1 aromatic carbocycles. The molecule has 0 unspecified atom stereocenters. The van der Waals surface area contributed by atoms with Crippen LogP contribution in [-0.4, -0.2) is 11.5 Å². The van der Waals surface area contributed by atoms with Crippen LogP contribution in [0.1, 0.15) is 36.9 Å². The largest absolute Gasteiger partial charge is 0.312 e. The summed E-state index contributed by atoms with van der Waals surface area (Å²) in [6.07, 6.45) is 0.878. The number of nitrogens with one attached hydrogen (secondary N) is 1. The SMILES string of the molecule is CCc1nc(-c2ccc(C)cc2F)sc1CNCC(C)C. The first-order chi connectivity index (χ1) is 10.0. The summed E-state index contributed by atoms with van der Waals surface area (Å²) in [5.41, 5.74) is 2.61. The molecule has 4 heteroatoms. The lowest BCUT2D eigenvalue weighted by molar-refractivity contribution is 0.553. The summed E-state index contributed by atoms with van der Waals surface area (Å²) in [4.78, 5) is 5.84. The molecule has 0 aliphatic carbocycles. The third-order valence-electron chi connectivity index (χ3n) is 3.31. The Kier molecular flexibility index (Phi) is 5.48. The van der Waals surface area contributed by atoms with Crippen LogP contribution < -0.4 is 5.32 Å². The summed E-state index contributed by atoms with van der Waals surface area (Å²) in [5, 5.41) is 4.22. The minimum atomic E-state index is -0.187. The molecule has 0 aliphatic heterocycles. The van der Waals surface area contributed by atoms with Crippen molar-refractivity contribution in [3.05, 3.63) is 40.2 Å². The number of hydrogen-bond acceptors (Lipinski definition) is 3. The van der Waals surface area contributed by atoms with Crippen molar-refractivity contribution >= 4 is 11.3 Å². The number of aromatic nitrogens is 1. The van der Waals surface area contributed by atoms with Gasteiger partial charge in [0.05, 0.1) is 5.69 Å². The fourth-order valence-corrected chi connectivity index (χ4v) is 3.33. The predicted octanol–water partition coefficient (Wildman–Crippen LogP) is 4.57. The van der Waals surface area contributed by atoms with Gasteiger partial charge in [0.25, 0.3) is 0 Å². The number of benzene rings is 1. The van der Waals surface area contributed by atoms with E-state index < -0.39 is 0 Å². The zero-order chi connectivity index (χ0) is 15.4. The van der Waals surface area contributed by atoms with Crippen molar-refractivity contribution in [2.75, 3.05) is 6.54 Å². The standard InChI is InChI=1S/C17H23FN2S/c1-5-15-16(10-19-9-11(2)3)21-17(20-15)13-7-6-12(4)8-14(13)18/h6-8,11,19H,5,9-10H2,1-4H3. The molecule has 114 valence electrons.